The minimum atomic E-state index is 0.107. The van der Waals surface area contributed by atoms with Gasteiger partial charge in [-0.1, -0.05) is 11.8 Å². The van der Waals surface area contributed by atoms with Crippen LogP contribution in [0.25, 0.3) is 0 Å². The van der Waals surface area contributed by atoms with Crippen LogP contribution in [0, 0.1) is 0 Å². The lowest BCUT2D eigenvalue weighted by molar-refractivity contribution is -0.132. The minimum Gasteiger partial charge on any atom is -0.343 e. The van der Waals surface area contributed by atoms with Crippen LogP contribution in [0.4, 0.5) is 5.69 Å². The summed E-state index contributed by atoms with van der Waals surface area (Å²) < 4.78 is 0. The molecule has 2 aliphatic heterocycles. The molecule has 0 atom stereocenters. The van der Waals surface area contributed by atoms with Crippen LogP contribution in [-0.2, 0) is 9.59 Å². The molecule has 2 amide bonds. The van der Waals surface area contributed by atoms with Crippen LogP contribution in [0.5, 0.6) is 0 Å². The number of amides is 2. The largest absolute Gasteiger partial charge is 0.343 e. The molecule has 0 saturated carbocycles. The smallest absolute Gasteiger partial charge is 0.237 e. The maximum atomic E-state index is 12.2. The highest BCUT2D eigenvalue weighted by Gasteiger charge is 2.25. The number of hydrogen-bond donors (Lipinski definition) is 0. The number of aromatic nitrogens is 1. The molecule has 3 rings (SSSR count). The molecular formula is C16H21N3O2S. The summed E-state index contributed by atoms with van der Waals surface area (Å²) in [6, 6.07) is 3.78. The molecule has 0 aromatic carbocycles. The Balaban J connectivity index is 1.55. The summed E-state index contributed by atoms with van der Waals surface area (Å²) in [5.41, 5.74) is 0.883. The van der Waals surface area contributed by atoms with Crippen molar-refractivity contribution >= 4 is 29.3 Å². The maximum Gasteiger partial charge on any atom is 0.237 e. The molecule has 1 saturated heterocycles. The summed E-state index contributed by atoms with van der Waals surface area (Å²) in [5, 5.41) is 0.907. The van der Waals surface area contributed by atoms with E-state index in [1.807, 2.05) is 17.0 Å². The van der Waals surface area contributed by atoms with Crippen molar-refractivity contribution in [2.75, 3.05) is 30.3 Å². The molecule has 3 heterocycles. The van der Waals surface area contributed by atoms with Gasteiger partial charge in [0.1, 0.15) is 5.03 Å². The summed E-state index contributed by atoms with van der Waals surface area (Å²) >= 11 is 1.49. The van der Waals surface area contributed by atoms with Crippen LogP contribution in [0.2, 0.25) is 0 Å². The number of carbonyl (C=O) groups excluding carboxylic acids is 2. The van der Waals surface area contributed by atoms with Gasteiger partial charge in [-0.2, -0.15) is 0 Å². The van der Waals surface area contributed by atoms with Crippen LogP contribution < -0.4 is 4.90 Å². The van der Waals surface area contributed by atoms with Gasteiger partial charge in [-0.3, -0.25) is 9.59 Å². The number of thioether (sulfide) groups is 1. The quantitative estimate of drug-likeness (QED) is 0.854. The molecule has 1 fully saturated rings. The van der Waals surface area contributed by atoms with E-state index in [1.54, 1.807) is 11.1 Å². The number of carbonyl (C=O) groups is 2. The summed E-state index contributed by atoms with van der Waals surface area (Å²) in [6.07, 6.45) is 6.44. The van der Waals surface area contributed by atoms with Crippen molar-refractivity contribution in [3.8, 4) is 0 Å². The highest BCUT2D eigenvalue weighted by atomic mass is 32.2. The van der Waals surface area contributed by atoms with Crippen LogP contribution >= 0.6 is 11.8 Å². The molecule has 22 heavy (non-hydrogen) atoms. The lowest BCUT2D eigenvalue weighted by Gasteiger charge is -2.29. The number of anilines is 1. The van der Waals surface area contributed by atoms with Crippen molar-refractivity contribution in [2.45, 2.75) is 37.1 Å². The molecule has 0 N–H and O–H groups in total. The number of hydrogen-bond acceptors (Lipinski definition) is 4. The summed E-state index contributed by atoms with van der Waals surface area (Å²) in [7, 11) is 0. The number of pyridine rings is 1. The zero-order valence-corrected chi connectivity index (χ0v) is 13.5. The molecule has 1 aromatic heterocycles. The fourth-order valence-electron chi connectivity index (χ4n) is 2.98. The maximum absolute atomic E-state index is 12.2. The molecule has 2 aliphatic rings. The van der Waals surface area contributed by atoms with E-state index in [9.17, 15) is 9.59 Å². The number of rotatable bonds is 4. The fraction of sp³-hybridized carbons (Fsp3) is 0.562. The second-order valence-electron chi connectivity index (χ2n) is 5.71. The van der Waals surface area contributed by atoms with Gasteiger partial charge in [0.25, 0.3) is 0 Å². The zero-order chi connectivity index (χ0) is 15.4. The third-order valence-corrected chi connectivity index (χ3v) is 5.14. The van der Waals surface area contributed by atoms with Crippen molar-refractivity contribution in [3.05, 3.63) is 18.3 Å². The van der Waals surface area contributed by atoms with Gasteiger partial charge in [-0.15, -0.1) is 0 Å². The van der Waals surface area contributed by atoms with Gasteiger partial charge >= 0.3 is 0 Å². The highest BCUT2D eigenvalue weighted by Crippen LogP contribution is 2.33. The Bertz CT molecular complexity index is 558. The van der Waals surface area contributed by atoms with E-state index in [0.717, 1.165) is 36.6 Å². The van der Waals surface area contributed by atoms with E-state index in [1.165, 1.54) is 18.2 Å². The summed E-state index contributed by atoms with van der Waals surface area (Å²) in [5.74, 6) is 0.769. The van der Waals surface area contributed by atoms with Gasteiger partial charge in [-0.05, 0) is 37.8 Å². The third kappa shape index (κ3) is 3.43. The highest BCUT2D eigenvalue weighted by molar-refractivity contribution is 8.00. The van der Waals surface area contributed by atoms with E-state index >= 15 is 0 Å². The average molecular weight is 319 g/mol. The van der Waals surface area contributed by atoms with Gasteiger partial charge in [0.05, 0.1) is 11.4 Å². The van der Waals surface area contributed by atoms with Gasteiger partial charge in [0.15, 0.2) is 0 Å². The van der Waals surface area contributed by atoms with E-state index in [0.29, 0.717) is 25.1 Å². The Labute approximate surface area is 135 Å². The number of piperidine rings is 1. The SMILES string of the molecule is O=C(CCCN1C(=O)CSc2ncccc21)N1CCCCC1. The number of likely N-dealkylation sites (tertiary alicyclic amines) is 1. The Morgan fingerprint density at radius 1 is 1.27 bits per heavy atom. The Morgan fingerprint density at radius 3 is 2.91 bits per heavy atom. The van der Waals surface area contributed by atoms with E-state index in [-0.39, 0.29) is 11.8 Å². The van der Waals surface area contributed by atoms with Gasteiger partial charge in [-0.25, -0.2) is 4.98 Å². The molecule has 0 spiro atoms. The lowest BCUT2D eigenvalue weighted by atomic mass is 10.1. The zero-order valence-electron chi connectivity index (χ0n) is 12.7. The van der Waals surface area contributed by atoms with Gasteiger partial charge in [0, 0.05) is 32.3 Å². The van der Waals surface area contributed by atoms with E-state index in [4.69, 9.17) is 0 Å². The first kappa shape index (κ1) is 15.3. The van der Waals surface area contributed by atoms with E-state index in [2.05, 4.69) is 4.98 Å². The van der Waals surface area contributed by atoms with Gasteiger partial charge in [0.2, 0.25) is 11.8 Å². The standard InChI is InChI=1S/C16H21N3O2S/c20-14(18-9-2-1-3-10-18)7-5-11-19-13-6-4-8-17-16(13)22-12-15(19)21/h4,6,8H,1-3,5,7,9-12H2. The minimum absolute atomic E-state index is 0.107. The molecular weight excluding hydrogens is 298 g/mol. The van der Waals surface area contributed by atoms with Crippen molar-refractivity contribution in [1.29, 1.82) is 0 Å². The van der Waals surface area contributed by atoms with Crippen molar-refractivity contribution in [3.63, 3.8) is 0 Å². The number of nitrogens with zero attached hydrogens (tertiary/aromatic N) is 3. The second-order valence-corrected chi connectivity index (χ2v) is 6.67. The van der Waals surface area contributed by atoms with Crippen LogP contribution in [0.3, 0.4) is 0 Å². The van der Waals surface area contributed by atoms with Crippen LogP contribution in [0.1, 0.15) is 32.1 Å². The Kier molecular flexibility index (Phi) is 4.97. The molecule has 1 aromatic rings. The van der Waals surface area contributed by atoms with E-state index < -0.39 is 0 Å². The topological polar surface area (TPSA) is 53.5 Å². The first-order chi connectivity index (χ1) is 10.8. The monoisotopic (exact) mass is 319 g/mol. The molecule has 0 bridgehead atoms. The summed E-state index contributed by atoms with van der Waals surface area (Å²) in [4.78, 5) is 32.3. The van der Waals surface area contributed by atoms with Crippen molar-refractivity contribution < 1.29 is 9.59 Å². The molecule has 5 nitrogen and oxygen atoms in total. The first-order valence-electron chi connectivity index (χ1n) is 7.91. The molecule has 118 valence electrons. The molecule has 0 radical (unpaired) electrons. The van der Waals surface area contributed by atoms with Gasteiger partial charge < -0.3 is 9.80 Å². The first-order valence-corrected chi connectivity index (χ1v) is 8.90. The van der Waals surface area contributed by atoms with Crippen LogP contribution in [-0.4, -0.2) is 47.1 Å². The Morgan fingerprint density at radius 2 is 2.09 bits per heavy atom. The molecule has 0 aliphatic carbocycles. The normalized spacial score (nSPS) is 18.3. The average Bonchev–Trinajstić information content (AvgIpc) is 2.57. The predicted molar refractivity (Wildman–Crippen MR) is 87.0 cm³/mol. The summed E-state index contributed by atoms with van der Waals surface area (Å²) in [6.45, 7) is 2.38. The molecule has 6 heteroatoms. The van der Waals surface area contributed by atoms with Crippen molar-refractivity contribution in [1.82, 2.24) is 9.88 Å². The third-order valence-electron chi connectivity index (χ3n) is 4.16. The molecule has 0 unspecified atom stereocenters. The number of fused-ring (bicyclic) bond motifs is 1. The lowest BCUT2D eigenvalue weighted by Crippen LogP contribution is -2.38. The van der Waals surface area contributed by atoms with Crippen LogP contribution in [0.15, 0.2) is 23.4 Å². The van der Waals surface area contributed by atoms with Crippen molar-refractivity contribution in [2.24, 2.45) is 0 Å². The fourth-order valence-corrected chi connectivity index (χ4v) is 3.85. The Hall–Kier alpha value is -1.56. The predicted octanol–water partition coefficient (Wildman–Crippen LogP) is 2.31. The second kappa shape index (κ2) is 7.13.